The molecule has 2 rings (SSSR count). The maximum absolute atomic E-state index is 11.9. The Bertz CT molecular complexity index is 695. The van der Waals surface area contributed by atoms with Crippen molar-refractivity contribution in [3.63, 3.8) is 0 Å². The van der Waals surface area contributed by atoms with Gasteiger partial charge in [-0.3, -0.25) is 14.9 Å². The molecule has 0 aliphatic rings. The van der Waals surface area contributed by atoms with Crippen molar-refractivity contribution in [1.29, 1.82) is 0 Å². The van der Waals surface area contributed by atoms with E-state index in [1.54, 1.807) is 37.4 Å². The molecule has 19 heavy (non-hydrogen) atoms. The second kappa shape index (κ2) is 5.36. The zero-order chi connectivity index (χ0) is 14.0. The minimum atomic E-state index is -0.414. The van der Waals surface area contributed by atoms with E-state index in [4.69, 9.17) is 0 Å². The average Bonchev–Trinajstić information content (AvgIpc) is 2.37. The highest BCUT2D eigenvalue weighted by atomic mass is 79.9. The normalized spacial score (nSPS) is 10.4. The standard InChI is InChI=1S/C13H11BrN2O3/c1-9-10(4-2-6-12(9)16(18)19)8-15-7-3-5-11(14)13(15)17/h2-7H,8H2,1H3. The minimum absolute atomic E-state index is 0.0699. The Morgan fingerprint density at radius 2 is 2.05 bits per heavy atom. The molecule has 98 valence electrons. The van der Waals surface area contributed by atoms with Gasteiger partial charge in [-0.2, -0.15) is 0 Å². The van der Waals surface area contributed by atoms with E-state index in [9.17, 15) is 14.9 Å². The van der Waals surface area contributed by atoms with Crippen molar-refractivity contribution in [1.82, 2.24) is 4.57 Å². The van der Waals surface area contributed by atoms with Gasteiger partial charge in [0.2, 0.25) is 0 Å². The zero-order valence-electron chi connectivity index (χ0n) is 10.2. The Kier molecular flexibility index (Phi) is 3.80. The lowest BCUT2D eigenvalue weighted by Gasteiger charge is -2.09. The molecule has 0 aliphatic heterocycles. The van der Waals surface area contributed by atoms with Gasteiger partial charge in [-0.1, -0.05) is 12.1 Å². The molecule has 0 amide bonds. The topological polar surface area (TPSA) is 65.1 Å². The second-order valence-electron chi connectivity index (χ2n) is 4.11. The summed E-state index contributed by atoms with van der Waals surface area (Å²) in [6.07, 6.45) is 1.66. The highest BCUT2D eigenvalue weighted by molar-refractivity contribution is 9.10. The van der Waals surface area contributed by atoms with Gasteiger partial charge in [-0.15, -0.1) is 0 Å². The maximum Gasteiger partial charge on any atom is 0.272 e. The Morgan fingerprint density at radius 3 is 2.74 bits per heavy atom. The van der Waals surface area contributed by atoms with Crippen LogP contribution in [0.25, 0.3) is 0 Å². The van der Waals surface area contributed by atoms with Crippen LogP contribution in [0.5, 0.6) is 0 Å². The molecule has 0 bridgehead atoms. The van der Waals surface area contributed by atoms with Crippen LogP contribution in [0.1, 0.15) is 11.1 Å². The van der Waals surface area contributed by atoms with Crippen LogP contribution in [0.2, 0.25) is 0 Å². The van der Waals surface area contributed by atoms with E-state index in [0.29, 0.717) is 16.6 Å². The lowest BCUT2D eigenvalue weighted by molar-refractivity contribution is -0.385. The van der Waals surface area contributed by atoms with Gasteiger partial charge in [0.15, 0.2) is 0 Å². The van der Waals surface area contributed by atoms with Crippen LogP contribution in [0, 0.1) is 17.0 Å². The molecule has 0 aliphatic carbocycles. The summed E-state index contributed by atoms with van der Waals surface area (Å²) >= 11 is 3.17. The van der Waals surface area contributed by atoms with Gasteiger partial charge in [0, 0.05) is 17.8 Å². The predicted molar refractivity (Wildman–Crippen MR) is 75.3 cm³/mol. The number of nitro groups is 1. The first kappa shape index (κ1) is 13.5. The van der Waals surface area contributed by atoms with Crippen molar-refractivity contribution >= 4 is 21.6 Å². The molecule has 1 aromatic heterocycles. The van der Waals surface area contributed by atoms with Crippen LogP contribution in [0.4, 0.5) is 5.69 Å². The summed E-state index contributed by atoms with van der Waals surface area (Å²) in [6.45, 7) is 2.00. The molecule has 5 nitrogen and oxygen atoms in total. The SMILES string of the molecule is Cc1c(Cn2cccc(Br)c2=O)cccc1[N+](=O)[O-]. The molecule has 0 N–H and O–H groups in total. The highest BCUT2D eigenvalue weighted by Crippen LogP contribution is 2.21. The Labute approximate surface area is 117 Å². The third kappa shape index (κ3) is 2.73. The highest BCUT2D eigenvalue weighted by Gasteiger charge is 2.13. The molecule has 0 saturated carbocycles. The first-order valence-corrected chi connectivity index (χ1v) is 6.38. The third-order valence-electron chi connectivity index (χ3n) is 2.93. The minimum Gasteiger partial charge on any atom is -0.310 e. The number of hydrogen-bond donors (Lipinski definition) is 0. The summed E-state index contributed by atoms with van der Waals surface area (Å²) in [4.78, 5) is 22.3. The van der Waals surface area contributed by atoms with E-state index < -0.39 is 4.92 Å². The molecule has 2 aromatic rings. The lowest BCUT2D eigenvalue weighted by atomic mass is 10.1. The fourth-order valence-electron chi connectivity index (χ4n) is 1.85. The van der Waals surface area contributed by atoms with Crippen LogP contribution in [0.15, 0.2) is 45.8 Å². The van der Waals surface area contributed by atoms with Crippen molar-refractivity contribution in [3.05, 3.63) is 72.6 Å². The summed E-state index contributed by atoms with van der Waals surface area (Å²) in [5, 5.41) is 10.9. The average molecular weight is 323 g/mol. The van der Waals surface area contributed by atoms with Crippen LogP contribution < -0.4 is 5.56 Å². The predicted octanol–water partition coefficient (Wildman–Crippen LogP) is 2.88. The monoisotopic (exact) mass is 322 g/mol. The summed E-state index contributed by atoms with van der Waals surface area (Å²) in [5.41, 5.74) is 1.25. The number of aromatic nitrogens is 1. The number of rotatable bonds is 3. The van der Waals surface area contributed by atoms with Gasteiger partial charge >= 0.3 is 0 Å². The molecule has 0 atom stereocenters. The molecule has 0 saturated heterocycles. The molecule has 6 heteroatoms. The fraction of sp³-hybridized carbons (Fsp3) is 0.154. The molecule has 1 aromatic carbocycles. The Morgan fingerprint density at radius 1 is 1.32 bits per heavy atom. The quantitative estimate of drug-likeness (QED) is 0.644. The number of nitro benzene ring substituents is 1. The van der Waals surface area contributed by atoms with Crippen LogP contribution in [0.3, 0.4) is 0 Å². The summed E-state index contributed by atoms with van der Waals surface area (Å²) in [5.74, 6) is 0. The first-order valence-electron chi connectivity index (χ1n) is 5.58. The Hall–Kier alpha value is -1.95. The molecule has 0 unspecified atom stereocenters. The van der Waals surface area contributed by atoms with Gasteiger partial charge in [0.1, 0.15) is 0 Å². The van der Waals surface area contributed by atoms with E-state index in [1.165, 1.54) is 10.6 Å². The van der Waals surface area contributed by atoms with E-state index in [-0.39, 0.29) is 11.2 Å². The van der Waals surface area contributed by atoms with E-state index in [1.807, 2.05) is 0 Å². The Balaban J connectivity index is 2.45. The molecule has 0 fully saturated rings. The molecular formula is C13H11BrN2O3. The molecule has 0 radical (unpaired) electrons. The van der Waals surface area contributed by atoms with Crippen molar-refractivity contribution in [2.45, 2.75) is 13.5 Å². The van der Waals surface area contributed by atoms with Crippen LogP contribution in [-0.2, 0) is 6.54 Å². The van der Waals surface area contributed by atoms with Gasteiger partial charge in [-0.05, 0) is 40.5 Å². The van der Waals surface area contributed by atoms with Gasteiger partial charge in [0.05, 0.1) is 15.9 Å². The van der Waals surface area contributed by atoms with E-state index in [0.717, 1.165) is 5.56 Å². The van der Waals surface area contributed by atoms with E-state index in [2.05, 4.69) is 15.9 Å². The number of halogens is 1. The van der Waals surface area contributed by atoms with Crippen LogP contribution in [-0.4, -0.2) is 9.49 Å². The van der Waals surface area contributed by atoms with Crippen molar-refractivity contribution in [2.24, 2.45) is 0 Å². The van der Waals surface area contributed by atoms with Crippen molar-refractivity contribution in [2.75, 3.05) is 0 Å². The number of pyridine rings is 1. The largest absolute Gasteiger partial charge is 0.310 e. The summed E-state index contributed by atoms with van der Waals surface area (Å²) < 4.78 is 1.98. The van der Waals surface area contributed by atoms with Crippen LogP contribution >= 0.6 is 15.9 Å². The van der Waals surface area contributed by atoms with Gasteiger partial charge in [-0.25, -0.2) is 0 Å². The summed E-state index contributed by atoms with van der Waals surface area (Å²) in [7, 11) is 0. The number of benzene rings is 1. The van der Waals surface area contributed by atoms with Gasteiger partial charge in [0.25, 0.3) is 11.2 Å². The molecular weight excluding hydrogens is 312 g/mol. The fourth-order valence-corrected chi connectivity index (χ4v) is 2.23. The van der Waals surface area contributed by atoms with Gasteiger partial charge < -0.3 is 4.57 Å². The third-order valence-corrected chi connectivity index (χ3v) is 3.53. The van der Waals surface area contributed by atoms with Crippen molar-refractivity contribution in [3.8, 4) is 0 Å². The number of nitrogens with zero attached hydrogens (tertiary/aromatic N) is 2. The smallest absolute Gasteiger partial charge is 0.272 e. The maximum atomic E-state index is 11.9. The molecule has 0 spiro atoms. The number of hydrogen-bond acceptors (Lipinski definition) is 3. The second-order valence-corrected chi connectivity index (χ2v) is 4.96. The molecule has 1 heterocycles. The van der Waals surface area contributed by atoms with E-state index >= 15 is 0 Å². The first-order chi connectivity index (χ1) is 9.00. The lowest BCUT2D eigenvalue weighted by Crippen LogP contribution is -2.20. The van der Waals surface area contributed by atoms with Crippen molar-refractivity contribution < 1.29 is 4.92 Å². The zero-order valence-corrected chi connectivity index (χ0v) is 11.8. The summed E-state index contributed by atoms with van der Waals surface area (Å²) in [6, 6.07) is 8.29.